The van der Waals surface area contributed by atoms with Crippen molar-refractivity contribution in [2.45, 2.75) is 0 Å². The maximum absolute atomic E-state index is 8.88. The normalized spacial score (nSPS) is 9.42. The van der Waals surface area contributed by atoms with Crippen LogP contribution in [0.1, 0.15) is 0 Å². The van der Waals surface area contributed by atoms with Crippen molar-refractivity contribution in [1.29, 1.82) is 0 Å². The monoisotopic (exact) mass is 284 g/mol. The largest absolute Gasteiger partial charge is 0.466 e. The van der Waals surface area contributed by atoms with Crippen LogP contribution in [0.3, 0.4) is 0 Å². The van der Waals surface area contributed by atoms with Crippen LogP contribution >= 0.6 is 7.82 Å². The Kier molecular flexibility index (Phi) is 8.24. The van der Waals surface area contributed by atoms with E-state index in [1.54, 1.807) is 0 Å². The molecule has 7 heteroatoms. The van der Waals surface area contributed by atoms with E-state index in [4.69, 9.17) is 30.7 Å². The molecule has 2 rings (SSSR count). The van der Waals surface area contributed by atoms with E-state index in [0.717, 1.165) is 11.4 Å². The molecular weight excluding hydrogens is 267 g/mol. The third-order valence-electron chi connectivity index (χ3n) is 1.60. The van der Waals surface area contributed by atoms with Gasteiger partial charge in [-0.25, -0.2) is 4.57 Å². The molecule has 0 aliphatic carbocycles. The molecule has 7 N–H and O–H groups in total. The van der Waals surface area contributed by atoms with Crippen molar-refractivity contribution in [3.8, 4) is 0 Å². The lowest BCUT2D eigenvalue weighted by Crippen LogP contribution is -1.79. The van der Waals surface area contributed by atoms with Crippen molar-refractivity contribution in [1.82, 2.24) is 0 Å². The van der Waals surface area contributed by atoms with Gasteiger partial charge in [-0.15, -0.1) is 0 Å². The molecule has 0 bridgehead atoms. The van der Waals surface area contributed by atoms with Gasteiger partial charge in [0.1, 0.15) is 0 Å². The summed E-state index contributed by atoms with van der Waals surface area (Å²) in [5.74, 6) is 0. The molecule has 0 saturated carbocycles. The summed E-state index contributed by atoms with van der Waals surface area (Å²) in [6.45, 7) is 0. The van der Waals surface area contributed by atoms with E-state index in [0.29, 0.717) is 0 Å². The first kappa shape index (κ1) is 17.2. The van der Waals surface area contributed by atoms with Gasteiger partial charge < -0.3 is 26.1 Å². The van der Waals surface area contributed by atoms with Crippen LogP contribution in [0, 0.1) is 0 Å². The summed E-state index contributed by atoms with van der Waals surface area (Å²) in [6, 6.07) is 19.0. The highest BCUT2D eigenvalue weighted by Crippen LogP contribution is 2.25. The summed E-state index contributed by atoms with van der Waals surface area (Å²) in [7, 11) is -4.64. The third-order valence-corrected chi connectivity index (χ3v) is 1.60. The zero-order valence-corrected chi connectivity index (χ0v) is 11.0. The van der Waals surface area contributed by atoms with E-state index in [1.165, 1.54) is 0 Å². The number of nitrogen functional groups attached to an aromatic ring is 2. The molecule has 0 amide bonds. The first-order chi connectivity index (χ1) is 8.79. The smallest absolute Gasteiger partial charge is 0.399 e. The first-order valence-electron chi connectivity index (χ1n) is 5.18. The summed E-state index contributed by atoms with van der Waals surface area (Å²) in [6.07, 6.45) is 0. The number of para-hydroxylation sites is 2. The van der Waals surface area contributed by atoms with E-state index in [2.05, 4.69) is 0 Å². The molecule has 0 aromatic heterocycles. The van der Waals surface area contributed by atoms with Gasteiger partial charge in [0.05, 0.1) is 0 Å². The van der Waals surface area contributed by atoms with Crippen LogP contribution in [-0.4, -0.2) is 14.7 Å². The molecule has 0 heterocycles. The molecule has 0 radical (unpaired) electrons. The van der Waals surface area contributed by atoms with Crippen LogP contribution in [0.2, 0.25) is 0 Å². The Hall–Kier alpha value is -1.85. The second-order valence-electron chi connectivity index (χ2n) is 3.33. The average molecular weight is 284 g/mol. The average Bonchev–Trinajstić information content (AvgIpc) is 2.29. The lowest BCUT2D eigenvalue weighted by atomic mass is 10.3. The van der Waals surface area contributed by atoms with Crippen LogP contribution in [-0.2, 0) is 4.57 Å². The van der Waals surface area contributed by atoms with Gasteiger partial charge in [-0.2, -0.15) is 0 Å². The van der Waals surface area contributed by atoms with Gasteiger partial charge in [-0.05, 0) is 24.3 Å². The number of phosphoric acid groups is 1. The molecule has 0 aliphatic heterocycles. The second-order valence-corrected chi connectivity index (χ2v) is 4.36. The molecule has 0 fully saturated rings. The quantitative estimate of drug-likeness (QED) is 0.369. The third kappa shape index (κ3) is 16.1. The molecule has 0 spiro atoms. The predicted octanol–water partition coefficient (Wildman–Crippen LogP) is 1.61. The SMILES string of the molecule is Nc1ccccc1.Nc1ccccc1.O=P(O)(O)O. The van der Waals surface area contributed by atoms with Crippen molar-refractivity contribution in [3.63, 3.8) is 0 Å². The van der Waals surface area contributed by atoms with Gasteiger partial charge in [-0.3, -0.25) is 0 Å². The van der Waals surface area contributed by atoms with E-state index >= 15 is 0 Å². The number of anilines is 2. The Bertz CT molecular complexity index is 442. The first-order valence-corrected chi connectivity index (χ1v) is 6.75. The number of rotatable bonds is 0. The minimum atomic E-state index is -4.64. The fourth-order valence-electron chi connectivity index (χ4n) is 0.906. The Labute approximate surface area is 111 Å². The van der Waals surface area contributed by atoms with E-state index in [9.17, 15) is 0 Å². The zero-order valence-electron chi connectivity index (χ0n) is 10.1. The lowest BCUT2D eigenvalue weighted by molar-refractivity contribution is 0.275. The number of benzene rings is 2. The molecule has 0 aliphatic rings. The van der Waals surface area contributed by atoms with Gasteiger partial charge in [0.2, 0.25) is 0 Å². The fourth-order valence-corrected chi connectivity index (χ4v) is 0.906. The highest BCUT2D eigenvalue weighted by atomic mass is 31.2. The zero-order chi connectivity index (χ0) is 14.7. The number of hydrogen-bond donors (Lipinski definition) is 5. The molecule has 0 atom stereocenters. The number of nitrogens with two attached hydrogens (primary N) is 2. The summed E-state index contributed by atoms with van der Waals surface area (Å²) < 4.78 is 8.88. The Balaban J connectivity index is 0.000000261. The summed E-state index contributed by atoms with van der Waals surface area (Å²) in [5, 5.41) is 0. The standard InChI is InChI=1S/2C6H7N.H3O4P/c2*7-6-4-2-1-3-5-6;1-5(2,3)4/h2*1-5H,7H2;(H3,1,2,3,4). The Morgan fingerprint density at radius 3 is 1.00 bits per heavy atom. The van der Waals surface area contributed by atoms with E-state index < -0.39 is 7.82 Å². The molecule has 2 aromatic carbocycles. The molecule has 2 aromatic rings. The van der Waals surface area contributed by atoms with Crippen molar-refractivity contribution in [2.75, 3.05) is 11.5 Å². The van der Waals surface area contributed by atoms with E-state index in [1.807, 2.05) is 60.7 Å². The molecule has 104 valence electrons. The van der Waals surface area contributed by atoms with Crippen molar-refractivity contribution in [2.24, 2.45) is 0 Å². The summed E-state index contributed by atoms with van der Waals surface area (Å²) >= 11 is 0. The Morgan fingerprint density at radius 1 is 0.684 bits per heavy atom. The highest BCUT2D eigenvalue weighted by molar-refractivity contribution is 7.45. The second kappa shape index (κ2) is 9.13. The van der Waals surface area contributed by atoms with Crippen LogP contribution in [0.15, 0.2) is 60.7 Å². The van der Waals surface area contributed by atoms with E-state index in [-0.39, 0.29) is 0 Å². The molecular formula is C12H17N2O4P. The molecule has 0 saturated heterocycles. The molecule has 19 heavy (non-hydrogen) atoms. The summed E-state index contributed by atoms with van der Waals surface area (Å²) in [4.78, 5) is 21.6. The van der Waals surface area contributed by atoms with Crippen LogP contribution in [0.25, 0.3) is 0 Å². The predicted molar refractivity (Wildman–Crippen MR) is 76.0 cm³/mol. The van der Waals surface area contributed by atoms with Crippen LogP contribution < -0.4 is 11.5 Å². The topological polar surface area (TPSA) is 130 Å². The molecule has 0 unspecified atom stereocenters. The van der Waals surface area contributed by atoms with Gasteiger partial charge in [0.15, 0.2) is 0 Å². The highest BCUT2D eigenvalue weighted by Gasteiger charge is 2.00. The van der Waals surface area contributed by atoms with Crippen molar-refractivity contribution >= 4 is 19.2 Å². The fraction of sp³-hybridized carbons (Fsp3) is 0. The number of hydrogen-bond acceptors (Lipinski definition) is 3. The van der Waals surface area contributed by atoms with Crippen molar-refractivity contribution in [3.05, 3.63) is 60.7 Å². The van der Waals surface area contributed by atoms with Crippen LogP contribution in [0.5, 0.6) is 0 Å². The maximum Gasteiger partial charge on any atom is 0.466 e. The summed E-state index contributed by atoms with van der Waals surface area (Å²) in [5.41, 5.74) is 12.4. The maximum atomic E-state index is 8.88. The van der Waals surface area contributed by atoms with Crippen LogP contribution in [0.4, 0.5) is 11.4 Å². The van der Waals surface area contributed by atoms with Gasteiger partial charge in [0, 0.05) is 11.4 Å². The minimum absolute atomic E-state index is 0.822. The van der Waals surface area contributed by atoms with Gasteiger partial charge >= 0.3 is 7.82 Å². The van der Waals surface area contributed by atoms with Gasteiger partial charge in [0.25, 0.3) is 0 Å². The minimum Gasteiger partial charge on any atom is -0.399 e. The Morgan fingerprint density at radius 2 is 0.895 bits per heavy atom. The lowest BCUT2D eigenvalue weighted by Gasteiger charge is -1.83. The van der Waals surface area contributed by atoms with Gasteiger partial charge in [-0.1, -0.05) is 36.4 Å². The molecule has 6 nitrogen and oxygen atoms in total. The van der Waals surface area contributed by atoms with Crippen molar-refractivity contribution < 1.29 is 19.2 Å².